The van der Waals surface area contributed by atoms with E-state index in [0.717, 1.165) is 35.4 Å². The van der Waals surface area contributed by atoms with Gasteiger partial charge in [-0.25, -0.2) is 9.97 Å². The molecule has 0 amide bonds. The van der Waals surface area contributed by atoms with Crippen molar-refractivity contribution in [2.24, 2.45) is 24.6 Å². The number of benzene rings is 1. The molecule has 1 aliphatic heterocycles. The number of hydrogen-bond donors (Lipinski definition) is 3. The molecule has 0 bridgehead atoms. The highest BCUT2D eigenvalue weighted by Crippen LogP contribution is 2.63. The molecule has 1 aromatic carbocycles. The van der Waals surface area contributed by atoms with Gasteiger partial charge >= 0.3 is 0 Å². The Morgan fingerprint density at radius 3 is 2.74 bits per heavy atom. The highest BCUT2D eigenvalue weighted by molar-refractivity contribution is 6.39. The van der Waals surface area contributed by atoms with Gasteiger partial charge in [0.05, 0.1) is 28.1 Å². The lowest BCUT2D eigenvalue weighted by Gasteiger charge is -2.25. The highest BCUT2D eigenvalue weighted by Gasteiger charge is 2.69. The van der Waals surface area contributed by atoms with Crippen molar-refractivity contribution in [3.05, 3.63) is 58.3 Å². The summed E-state index contributed by atoms with van der Waals surface area (Å²) in [6.45, 7) is 4.02. The Hall–Kier alpha value is -3.50. The molecule has 174 valence electrons. The molecule has 1 saturated heterocycles. The number of nitrogens with one attached hydrogen (secondary N) is 1. The number of piperidine rings is 1. The minimum Gasteiger partial charge on any atom is -0.382 e. The Bertz CT molecular complexity index is 1450. The van der Waals surface area contributed by atoms with E-state index in [4.69, 9.17) is 33.0 Å². The number of halogens is 1. The number of nitrogens with two attached hydrogens (primary N) is 2. The molecule has 10 nitrogen and oxygen atoms in total. The molecule has 2 aliphatic rings. The molecule has 3 atom stereocenters. The molecule has 4 aromatic rings. The SMILES string of the molecule is Cc1cc(C2(CN)[C@@H]3CN(c4cnc(C(=N)c5ccc6nn(C)cc6c5Cl)c(N)n4)C[C@@H]32)no1. The van der Waals surface area contributed by atoms with E-state index in [9.17, 15) is 0 Å². The van der Waals surface area contributed by atoms with Crippen LogP contribution in [0.3, 0.4) is 0 Å². The van der Waals surface area contributed by atoms with Crippen molar-refractivity contribution in [1.82, 2.24) is 24.9 Å². The van der Waals surface area contributed by atoms with Gasteiger partial charge in [0, 0.05) is 55.3 Å². The maximum Gasteiger partial charge on any atom is 0.154 e. The zero-order chi connectivity index (χ0) is 23.8. The molecule has 1 saturated carbocycles. The van der Waals surface area contributed by atoms with Crippen molar-refractivity contribution in [2.75, 3.05) is 30.3 Å². The molecule has 2 fully saturated rings. The summed E-state index contributed by atoms with van der Waals surface area (Å²) in [5.74, 6) is 2.45. The molecular weight excluding hydrogens is 454 g/mol. The number of rotatable bonds is 5. The molecule has 1 unspecified atom stereocenters. The first-order valence-corrected chi connectivity index (χ1v) is 11.4. The van der Waals surface area contributed by atoms with Crippen molar-refractivity contribution in [1.29, 1.82) is 5.41 Å². The molecule has 4 heterocycles. The second kappa shape index (κ2) is 7.25. The number of nitrogen functional groups attached to an aromatic ring is 1. The van der Waals surface area contributed by atoms with E-state index in [1.807, 2.05) is 32.3 Å². The molecule has 6 rings (SSSR count). The summed E-state index contributed by atoms with van der Waals surface area (Å²) in [5, 5.41) is 18.5. The summed E-state index contributed by atoms with van der Waals surface area (Å²) >= 11 is 6.59. The standard InChI is InChI=1S/C23H24ClN9O/c1-11-5-17(31-34-11)23(10-25)14-8-33(9-15(14)23)18-6-28-21(22(27)29-18)20(26)12-3-4-16-13(19(12)24)7-32(2)30-16/h3-7,14-15,26H,8-10,25H2,1-2H3,(H2,27,29)/t14-,15+,23?. The molecule has 3 aromatic heterocycles. The van der Waals surface area contributed by atoms with Crippen molar-refractivity contribution < 1.29 is 4.52 Å². The van der Waals surface area contributed by atoms with Gasteiger partial charge in [-0.1, -0.05) is 16.8 Å². The van der Waals surface area contributed by atoms with Crippen LogP contribution in [0.2, 0.25) is 5.02 Å². The number of aryl methyl sites for hydroxylation is 2. The van der Waals surface area contributed by atoms with E-state index >= 15 is 0 Å². The summed E-state index contributed by atoms with van der Waals surface area (Å²) < 4.78 is 6.99. The van der Waals surface area contributed by atoms with Gasteiger partial charge in [-0.15, -0.1) is 0 Å². The number of nitrogens with zero attached hydrogens (tertiary/aromatic N) is 6. The Labute approximate surface area is 200 Å². The van der Waals surface area contributed by atoms with Crippen LogP contribution in [0.4, 0.5) is 11.6 Å². The quantitative estimate of drug-likeness (QED) is 0.370. The van der Waals surface area contributed by atoms with Gasteiger partial charge in [0.25, 0.3) is 0 Å². The van der Waals surface area contributed by atoms with E-state index < -0.39 is 0 Å². The molecule has 5 N–H and O–H groups in total. The number of hydrogen-bond acceptors (Lipinski definition) is 9. The molecule has 0 radical (unpaired) electrons. The second-order valence-electron chi connectivity index (χ2n) is 9.18. The average Bonchev–Trinajstić information content (AvgIpc) is 3.28. The van der Waals surface area contributed by atoms with Crippen molar-refractivity contribution in [2.45, 2.75) is 12.3 Å². The van der Waals surface area contributed by atoms with Crippen LogP contribution in [0, 0.1) is 24.2 Å². The van der Waals surface area contributed by atoms with E-state index in [2.05, 4.69) is 25.1 Å². The van der Waals surface area contributed by atoms with Crippen LogP contribution in [0.5, 0.6) is 0 Å². The summed E-state index contributed by atoms with van der Waals surface area (Å²) in [6, 6.07) is 5.59. The van der Waals surface area contributed by atoms with Gasteiger partial charge in [0.2, 0.25) is 0 Å². The molecule has 1 aliphatic carbocycles. The first-order chi connectivity index (χ1) is 16.3. The van der Waals surface area contributed by atoms with Crippen LogP contribution in [0.15, 0.2) is 35.1 Å². The van der Waals surface area contributed by atoms with Crippen LogP contribution in [0.25, 0.3) is 10.9 Å². The van der Waals surface area contributed by atoms with Crippen molar-refractivity contribution in [3.63, 3.8) is 0 Å². The lowest BCUT2D eigenvalue weighted by molar-refractivity contribution is 0.376. The molecule has 34 heavy (non-hydrogen) atoms. The topological polar surface area (TPSA) is 149 Å². The largest absolute Gasteiger partial charge is 0.382 e. The van der Waals surface area contributed by atoms with E-state index in [-0.39, 0.29) is 16.9 Å². The highest BCUT2D eigenvalue weighted by atomic mass is 35.5. The van der Waals surface area contributed by atoms with Crippen molar-refractivity contribution in [3.8, 4) is 0 Å². The minimum atomic E-state index is -0.128. The van der Waals surface area contributed by atoms with Crippen LogP contribution >= 0.6 is 11.6 Å². The summed E-state index contributed by atoms with van der Waals surface area (Å²) in [4.78, 5) is 11.2. The molecule has 11 heteroatoms. The molecular formula is C23H24ClN9O. The van der Waals surface area contributed by atoms with Gasteiger partial charge in [0.15, 0.2) is 5.82 Å². The second-order valence-corrected chi connectivity index (χ2v) is 9.56. The monoisotopic (exact) mass is 477 g/mol. The fourth-order valence-electron chi connectivity index (χ4n) is 5.53. The van der Waals surface area contributed by atoms with Crippen LogP contribution in [0.1, 0.15) is 22.7 Å². The summed E-state index contributed by atoms with van der Waals surface area (Å²) in [7, 11) is 1.83. The van der Waals surface area contributed by atoms with Gasteiger partial charge in [-0.2, -0.15) is 5.10 Å². The fraction of sp³-hybridized carbons (Fsp3) is 0.348. The summed E-state index contributed by atoms with van der Waals surface area (Å²) in [5.41, 5.74) is 15.0. The first-order valence-electron chi connectivity index (χ1n) is 11.1. The maximum absolute atomic E-state index is 8.69. The third-order valence-corrected chi connectivity index (χ3v) is 7.74. The molecule has 0 spiro atoms. The van der Waals surface area contributed by atoms with Gasteiger partial charge in [-0.3, -0.25) is 10.1 Å². The van der Waals surface area contributed by atoms with E-state index in [0.29, 0.717) is 40.5 Å². The Morgan fingerprint density at radius 1 is 1.32 bits per heavy atom. The number of fused-ring (bicyclic) bond motifs is 2. The smallest absolute Gasteiger partial charge is 0.154 e. The number of anilines is 2. The Morgan fingerprint density at radius 2 is 2.09 bits per heavy atom. The minimum absolute atomic E-state index is 0.125. The van der Waals surface area contributed by atoms with Gasteiger partial charge in [-0.05, 0) is 30.9 Å². The Kier molecular flexibility index (Phi) is 4.49. The third kappa shape index (κ3) is 2.88. The van der Waals surface area contributed by atoms with Gasteiger partial charge in [0.1, 0.15) is 17.3 Å². The van der Waals surface area contributed by atoms with Crippen LogP contribution < -0.4 is 16.4 Å². The number of aromatic nitrogens is 5. The Balaban J connectivity index is 1.23. The predicted molar refractivity (Wildman–Crippen MR) is 129 cm³/mol. The lowest BCUT2D eigenvalue weighted by atomic mass is 9.95. The normalized spacial score (nSPS) is 23.5. The van der Waals surface area contributed by atoms with Gasteiger partial charge < -0.3 is 20.9 Å². The summed E-state index contributed by atoms with van der Waals surface area (Å²) in [6.07, 6.45) is 3.50. The van der Waals surface area contributed by atoms with Crippen LogP contribution in [-0.4, -0.2) is 50.3 Å². The first kappa shape index (κ1) is 21.1. The maximum atomic E-state index is 8.69. The van der Waals surface area contributed by atoms with E-state index in [1.54, 1.807) is 16.9 Å². The average molecular weight is 478 g/mol. The van der Waals surface area contributed by atoms with E-state index in [1.165, 1.54) is 0 Å². The zero-order valence-electron chi connectivity index (χ0n) is 18.8. The van der Waals surface area contributed by atoms with Crippen LogP contribution in [-0.2, 0) is 12.5 Å². The fourth-order valence-corrected chi connectivity index (χ4v) is 5.83. The predicted octanol–water partition coefficient (Wildman–Crippen LogP) is 2.27. The zero-order valence-corrected chi connectivity index (χ0v) is 19.5. The van der Waals surface area contributed by atoms with Crippen molar-refractivity contribution >= 4 is 39.9 Å². The third-order valence-electron chi connectivity index (χ3n) is 7.33. The lowest BCUT2D eigenvalue weighted by Crippen LogP contribution is -2.35.